The van der Waals surface area contributed by atoms with Gasteiger partial charge in [-0.05, 0) is 18.3 Å². The standard InChI is InChI=1S/C11H19N3/c1-4-7-5-8(7)10-9(6(2)3)11(12)14-13-10/h6-8H,4-5H2,1-3H3,(H3,12,13,14). The highest BCUT2D eigenvalue weighted by Crippen LogP contribution is 2.51. The number of nitrogens with two attached hydrogens (primary N) is 1. The van der Waals surface area contributed by atoms with Crippen LogP contribution in [0.4, 0.5) is 5.82 Å². The molecule has 0 bridgehead atoms. The fourth-order valence-corrected chi connectivity index (χ4v) is 2.32. The van der Waals surface area contributed by atoms with Crippen molar-refractivity contribution in [2.75, 3.05) is 5.73 Å². The minimum absolute atomic E-state index is 0.474. The van der Waals surface area contributed by atoms with E-state index in [1.807, 2.05) is 0 Å². The number of nitrogens with zero attached hydrogens (tertiary/aromatic N) is 1. The van der Waals surface area contributed by atoms with Crippen LogP contribution in [0.1, 0.15) is 56.7 Å². The van der Waals surface area contributed by atoms with Crippen molar-refractivity contribution in [1.29, 1.82) is 0 Å². The molecule has 0 aromatic carbocycles. The normalized spacial score (nSPS) is 25.7. The van der Waals surface area contributed by atoms with Gasteiger partial charge in [0.1, 0.15) is 5.82 Å². The molecule has 1 aromatic rings. The number of nitrogens with one attached hydrogen (secondary N) is 1. The molecule has 3 nitrogen and oxygen atoms in total. The van der Waals surface area contributed by atoms with Crippen LogP contribution in [0, 0.1) is 5.92 Å². The molecule has 0 spiro atoms. The summed E-state index contributed by atoms with van der Waals surface area (Å²) in [6, 6.07) is 0. The van der Waals surface area contributed by atoms with E-state index in [-0.39, 0.29) is 0 Å². The SMILES string of the molecule is CCC1CC1c1[nH]nc(N)c1C(C)C. The summed E-state index contributed by atoms with van der Waals surface area (Å²) in [5, 5.41) is 7.23. The summed E-state index contributed by atoms with van der Waals surface area (Å²) in [7, 11) is 0. The summed E-state index contributed by atoms with van der Waals surface area (Å²) in [5.41, 5.74) is 8.39. The molecule has 0 amide bonds. The predicted molar refractivity (Wildman–Crippen MR) is 58.2 cm³/mol. The first-order chi connectivity index (χ1) is 6.65. The number of aromatic amines is 1. The molecular weight excluding hydrogens is 174 g/mol. The van der Waals surface area contributed by atoms with Crippen molar-refractivity contribution in [2.45, 2.75) is 45.4 Å². The predicted octanol–water partition coefficient (Wildman–Crippen LogP) is 2.63. The van der Waals surface area contributed by atoms with Crippen LogP contribution in [0.25, 0.3) is 0 Å². The number of rotatable bonds is 3. The molecule has 3 N–H and O–H groups in total. The summed E-state index contributed by atoms with van der Waals surface area (Å²) >= 11 is 0. The van der Waals surface area contributed by atoms with Crippen molar-refractivity contribution >= 4 is 5.82 Å². The first-order valence-electron chi connectivity index (χ1n) is 5.48. The Morgan fingerprint density at radius 2 is 2.29 bits per heavy atom. The summed E-state index contributed by atoms with van der Waals surface area (Å²) in [4.78, 5) is 0. The largest absolute Gasteiger partial charge is 0.382 e. The first-order valence-corrected chi connectivity index (χ1v) is 5.48. The van der Waals surface area contributed by atoms with Crippen LogP contribution in [0.3, 0.4) is 0 Å². The average Bonchev–Trinajstić information content (AvgIpc) is 2.82. The third-order valence-corrected chi connectivity index (χ3v) is 3.26. The highest BCUT2D eigenvalue weighted by atomic mass is 15.2. The molecule has 2 rings (SSSR count). The Labute approximate surface area is 85.1 Å². The van der Waals surface area contributed by atoms with Gasteiger partial charge >= 0.3 is 0 Å². The van der Waals surface area contributed by atoms with E-state index in [9.17, 15) is 0 Å². The van der Waals surface area contributed by atoms with Crippen LogP contribution < -0.4 is 5.73 Å². The zero-order valence-electron chi connectivity index (χ0n) is 9.17. The van der Waals surface area contributed by atoms with Gasteiger partial charge in [-0.3, -0.25) is 5.10 Å². The van der Waals surface area contributed by atoms with Crippen LogP contribution in [0.2, 0.25) is 0 Å². The van der Waals surface area contributed by atoms with Crippen molar-refractivity contribution < 1.29 is 0 Å². The van der Waals surface area contributed by atoms with Crippen molar-refractivity contribution in [3.63, 3.8) is 0 Å². The van der Waals surface area contributed by atoms with E-state index >= 15 is 0 Å². The summed E-state index contributed by atoms with van der Waals surface area (Å²) in [6.07, 6.45) is 2.57. The van der Waals surface area contributed by atoms with Crippen LogP contribution in [0.15, 0.2) is 0 Å². The lowest BCUT2D eigenvalue weighted by Crippen LogP contribution is -1.97. The maximum Gasteiger partial charge on any atom is 0.148 e. The Kier molecular flexibility index (Phi) is 2.25. The van der Waals surface area contributed by atoms with Crippen molar-refractivity contribution in [2.24, 2.45) is 5.92 Å². The Balaban J connectivity index is 2.26. The lowest BCUT2D eigenvalue weighted by molar-refractivity contribution is 0.742. The van der Waals surface area contributed by atoms with E-state index < -0.39 is 0 Å². The van der Waals surface area contributed by atoms with E-state index in [1.54, 1.807) is 0 Å². The smallest absolute Gasteiger partial charge is 0.148 e. The molecule has 14 heavy (non-hydrogen) atoms. The van der Waals surface area contributed by atoms with Gasteiger partial charge < -0.3 is 5.73 Å². The van der Waals surface area contributed by atoms with Crippen LogP contribution in [0.5, 0.6) is 0 Å². The van der Waals surface area contributed by atoms with Gasteiger partial charge in [0.05, 0.1) is 0 Å². The number of hydrogen-bond donors (Lipinski definition) is 2. The Bertz CT molecular complexity index is 327. The van der Waals surface area contributed by atoms with E-state index in [0.29, 0.717) is 17.7 Å². The molecule has 0 aliphatic heterocycles. The molecule has 3 heteroatoms. The lowest BCUT2D eigenvalue weighted by Gasteiger charge is -2.06. The van der Waals surface area contributed by atoms with Gasteiger partial charge in [0.15, 0.2) is 0 Å². The minimum Gasteiger partial charge on any atom is -0.382 e. The van der Waals surface area contributed by atoms with Crippen LogP contribution in [-0.4, -0.2) is 10.2 Å². The Morgan fingerprint density at radius 3 is 2.79 bits per heavy atom. The zero-order chi connectivity index (χ0) is 10.3. The highest BCUT2D eigenvalue weighted by molar-refractivity contribution is 5.46. The molecule has 2 atom stereocenters. The van der Waals surface area contributed by atoms with Gasteiger partial charge in [0.25, 0.3) is 0 Å². The van der Waals surface area contributed by atoms with Crippen LogP contribution in [-0.2, 0) is 0 Å². The molecule has 0 saturated heterocycles. The molecule has 78 valence electrons. The van der Waals surface area contributed by atoms with Crippen molar-refractivity contribution in [3.8, 4) is 0 Å². The Morgan fingerprint density at radius 1 is 1.57 bits per heavy atom. The number of nitrogen functional groups attached to an aromatic ring is 1. The van der Waals surface area contributed by atoms with Crippen molar-refractivity contribution in [3.05, 3.63) is 11.3 Å². The topological polar surface area (TPSA) is 54.7 Å². The number of anilines is 1. The molecular formula is C11H19N3. The summed E-state index contributed by atoms with van der Waals surface area (Å²) in [6.45, 7) is 6.60. The molecule has 0 radical (unpaired) electrons. The third kappa shape index (κ3) is 1.41. The third-order valence-electron chi connectivity index (χ3n) is 3.26. The molecule has 1 saturated carbocycles. The second-order valence-electron chi connectivity index (χ2n) is 4.60. The quantitative estimate of drug-likeness (QED) is 0.775. The first kappa shape index (κ1) is 9.56. The molecule has 1 aliphatic rings. The summed E-state index contributed by atoms with van der Waals surface area (Å²) < 4.78 is 0. The second kappa shape index (κ2) is 3.30. The van der Waals surface area contributed by atoms with Gasteiger partial charge in [-0.15, -0.1) is 0 Å². The summed E-state index contributed by atoms with van der Waals surface area (Å²) in [5.74, 6) is 2.72. The fourth-order valence-electron chi connectivity index (χ4n) is 2.32. The van der Waals surface area contributed by atoms with E-state index in [1.165, 1.54) is 24.1 Å². The molecule has 1 heterocycles. The molecule has 1 aliphatic carbocycles. The van der Waals surface area contributed by atoms with Crippen molar-refractivity contribution in [1.82, 2.24) is 10.2 Å². The molecule has 1 fully saturated rings. The number of hydrogen-bond acceptors (Lipinski definition) is 2. The maximum atomic E-state index is 5.85. The lowest BCUT2D eigenvalue weighted by atomic mass is 10.00. The fraction of sp³-hybridized carbons (Fsp3) is 0.727. The van der Waals surface area contributed by atoms with Gasteiger partial charge in [-0.1, -0.05) is 27.2 Å². The second-order valence-corrected chi connectivity index (χ2v) is 4.60. The van der Waals surface area contributed by atoms with Gasteiger partial charge in [-0.2, -0.15) is 5.10 Å². The zero-order valence-corrected chi connectivity index (χ0v) is 9.17. The monoisotopic (exact) mass is 193 g/mol. The van der Waals surface area contributed by atoms with E-state index in [2.05, 4.69) is 31.0 Å². The van der Waals surface area contributed by atoms with Gasteiger partial charge in [0.2, 0.25) is 0 Å². The average molecular weight is 193 g/mol. The van der Waals surface area contributed by atoms with E-state index in [4.69, 9.17) is 5.73 Å². The van der Waals surface area contributed by atoms with Crippen LogP contribution >= 0.6 is 0 Å². The molecule has 1 aromatic heterocycles. The Hall–Kier alpha value is -0.990. The number of aromatic nitrogens is 2. The van der Waals surface area contributed by atoms with E-state index in [0.717, 1.165) is 5.92 Å². The minimum atomic E-state index is 0.474. The molecule has 2 unspecified atom stereocenters. The van der Waals surface area contributed by atoms with Gasteiger partial charge in [0, 0.05) is 17.2 Å². The number of H-pyrrole nitrogens is 1. The maximum absolute atomic E-state index is 5.85. The highest BCUT2D eigenvalue weighted by Gasteiger charge is 2.40. The van der Waals surface area contributed by atoms with Gasteiger partial charge in [-0.25, -0.2) is 0 Å².